The van der Waals surface area contributed by atoms with Crippen LogP contribution >= 0.6 is 11.6 Å². The molecule has 4 nitrogen and oxygen atoms in total. The topological polar surface area (TPSA) is 54.0 Å². The van der Waals surface area contributed by atoms with Gasteiger partial charge in [-0.15, -0.1) is 0 Å². The zero-order chi connectivity index (χ0) is 9.42. The fourth-order valence-electron chi connectivity index (χ4n) is 1.17. The minimum atomic E-state index is 0.251. The molecular weight excluding hydrogens is 188 g/mol. The number of hydrogen-bond donors (Lipinski definition) is 0. The number of imidazole rings is 1. The molecule has 2 aromatic heterocycles. The number of aryl methyl sites for hydroxylation is 1. The summed E-state index contributed by atoms with van der Waals surface area (Å²) < 4.78 is 1.70. The second-order valence-corrected chi connectivity index (χ2v) is 3.02. The highest BCUT2D eigenvalue weighted by atomic mass is 35.5. The molecule has 0 bridgehead atoms. The fraction of sp³-hybridized carbons (Fsp3) is 0.125. The van der Waals surface area contributed by atoms with Crippen LogP contribution in [0.2, 0.25) is 5.15 Å². The number of halogens is 1. The van der Waals surface area contributed by atoms with Crippen LogP contribution in [0.3, 0.4) is 0 Å². The minimum Gasteiger partial charge on any atom is -0.301 e. The van der Waals surface area contributed by atoms with E-state index in [0.717, 1.165) is 5.69 Å². The Kier molecular flexibility index (Phi) is 1.67. The molecule has 2 rings (SSSR count). The minimum absolute atomic E-state index is 0.251. The third-order valence-electron chi connectivity index (χ3n) is 1.63. The first-order valence-electron chi connectivity index (χ1n) is 3.62. The van der Waals surface area contributed by atoms with Crippen LogP contribution in [-0.4, -0.2) is 14.4 Å². The molecule has 0 fully saturated rings. The highest BCUT2D eigenvalue weighted by Gasteiger charge is 2.06. The number of rotatable bonds is 0. The van der Waals surface area contributed by atoms with E-state index in [2.05, 4.69) is 9.97 Å². The molecular formula is C8H5ClN4. The Bertz CT molecular complexity index is 509. The summed E-state index contributed by atoms with van der Waals surface area (Å²) in [5.74, 6) is 0. The van der Waals surface area contributed by atoms with Crippen molar-refractivity contribution < 1.29 is 0 Å². The van der Waals surface area contributed by atoms with Gasteiger partial charge in [0.15, 0.2) is 11.3 Å². The lowest BCUT2D eigenvalue weighted by Gasteiger charge is -1.94. The standard InChI is InChI=1S/C8H5ClN4/c1-5-3-13-4-7(9)12-6(2-10)8(13)11-5/h3-4H,1H3. The molecule has 0 spiro atoms. The first kappa shape index (κ1) is 8.02. The van der Waals surface area contributed by atoms with Crippen molar-refractivity contribution in [2.24, 2.45) is 0 Å². The molecule has 0 N–H and O–H groups in total. The molecule has 2 heterocycles. The van der Waals surface area contributed by atoms with E-state index in [0.29, 0.717) is 10.8 Å². The molecule has 0 atom stereocenters. The van der Waals surface area contributed by atoms with Crippen molar-refractivity contribution in [3.63, 3.8) is 0 Å². The van der Waals surface area contributed by atoms with Crippen molar-refractivity contribution in [1.29, 1.82) is 5.26 Å². The number of fused-ring (bicyclic) bond motifs is 1. The third kappa shape index (κ3) is 1.23. The smallest absolute Gasteiger partial charge is 0.185 e. The molecule has 64 valence electrons. The van der Waals surface area contributed by atoms with Crippen LogP contribution in [-0.2, 0) is 0 Å². The zero-order valence-corrected chi connectivity index (χ0v) is 7.58. The van der Waals surface area contributed by atoms with Crippen molar-refractivity contribution in [3.8, 4) is 6.07 Å². The first-order chi connectivity index (χ1) is 6.20. The molecule has 0 aliphatic carbocycles. The molecule has 0 saturated carbocycles. The molecule has 0 saturated heterocycles. The summed E-state index contributed by atoms with van der Waals surface area (Å²) in [5, 5.41) is 9.04. The Morgan fingerprint density at radius 2 is 2.23 bits per heavy atom. The fourth-order valence-corrected chi connectivity index (χ4v) is 1.35. The lowest BCUT2D eigenvalue weighted by Crippen LogP contribution is -1.92. The van der Waals surface area contributed by atoms with Crippen LogP contribution in [0.4, 0.5) is 0 Å². The van der Waals surface area contributed by atoms with Crippen molar-refractivity contribution in [1.82, 2.24) is 14.4 Å². The normalized spacial score (nSPS) is 10.2. The lowest BCUT2D eigenvalue weighted by atomic mass is 10.5. The molecule has 5 heteroatoms. The van der Waals surface area contributed by atoms with E-state index in [-0.39, 0.29) is 5.69 Å². The maximum absolute atomic E-state index is 8.74. The number of nitrogens with zero attached hydrogens (tertiary/aromatic N) is 4. The van der Waals surface area contributed by atoms with E-state index in [1.165, 1.54) is 0 Å². The predicted octanol–water partition coefficient (Wildman–Crippen LogP) is 1.56. The van der Waals surface area contributed by atoms with E-state index in [9.17, 15) is 0 Å². The monoisotopic (exact) mass is 192 g/mol. The zero-order valence-electron chi connectivity index (χ0n) is 6.82. The average Bonchev–Trinajstić information content (AvgIpc) is 2.43. The van der Waals surface area contributed by atoms with Crippen molar-refractivity contribution in [2.75, 3.05) is 0 Å². The summed E-state index contributed by atoms with van der Waals surface area (Å²) in [4.78, 5) is 8.00. The Balaban J connectivity index is 2.90. The van der Waals surface area contributed by atoms with E-state index in [1.54, 1.807) is 16.8 Å². The molecule has 0 aromatic carbocycles. The van der Waals surface area contributed by atoms with Crippen LogP contribution < -0.4 is 0 Å². The highest BCUT2D eigenvalue weighted by Crippen LogP contribution is 2.12. The molecule has 13 heavy (non-hydrogen) atoms. The second kappa shape index (κ2) is 2.71. The number of nitriles is 1. The maximum atomic E-state index is 8.74. The SMILES string of the molecule is Cc1cn2cc(Cl)nc(C#N)c2n1. The molecule has 0 unspecified atom stereocenters. The van der Waals surface area contributed by atoms with Gasteiger partial charge in [0.05, 0.1) is 5.69 Å². The van der Waals surface area contributed by atoms with Gasteiger partial charge in [-0.1, -0.05) is 11.6 Å². The summed E-state index contributed by atoms with van der Waals surface area (Å²) in [6.45, 7) is 1.85. The van der Waals surface area contributed by atoms with Gasteiger partial charge in [-0.25, -0.2) is 9.97 Å². The number of aromatic nitrogens is 3. The Hall–Kier alpha value is -1.60. The Labute approximate surface area is 79.4 Å². The molecule has 0 amide bonds. The Morgan fingerprint density at radius 1 is 1.46 bits per heavy atom. The van der Waals surface area contributed by atoms with Crippen LogP contribution in [0.1, 0.15) is 11.4 Å². The largest absolute Gasteiger partial charge is 0.301 e. The van der Waals surface area contributed by atoms with Gasteiger partial charge in [0, 0.05) is 12.4 Å². The summed E-state index contributed by atoms with van der Waals surface area (Å²) >= 11 is 5.70. The van der Waals surface area contributed by atoms with E-state index in [4.69, 9.17) is 16.9 Å². The van der Waals surface area contributed by atoms with Gasteiger partial charge in [0.25, 0.3) is 0 Å². The van der Waals surface area contributed by atoms with Crippen LogP contribution in [0.5, 0.6) is 0 Å². The quantitative estimate of drug-likeness (QED) is 0.637. The van der Waals surface area contributed by atoms with Gasteiger partial charge in [-0.2, -0.15) is 5.26 Å². The van der Waals surface area contributed by atoms with Gasteiger partial charge in [0.1, 0.15) is 11.2 Å². The summed E-state index contributed by atoms with van der Waals surface area (Å²) in [6.07, 6.45) is 3.42. The maximum Gasteiger partial charge on any atom is 0.185 e. The number of hydrogen-bond acceptors (Lipinski definition) is 3. The van der Waals surface area contributed by atoms with Gasteiger partial charge >= 0.3 is 0 Å². The van der Waals surface area contributed by atoms with Gasteiger partial charge < -0.3 is 4.40 Å². The van der Waals surface area contributed by atoms with E-state index >= 15 is 0 Å². The van der Waals surface area contributed by atoms with Crippen molar-refractivity contribution in [3.05, 3.63) is 28.9 Å². The van der Waals surface area contributed by atoms with E-state index in [1.807, 2.05) is 13.0 Å². The molecule has 0 radical (unpaired) electrons. The molecule has 2 aromatic rings. The summed E-state index contributed by atoms with van der Waals surface area (Å²) in [5.41, 5.74) is 1.63. The van der Waals surface area contributed by atoms with Crippen LogP contribution in [0, 0.1) is 18.3 Å². The molecule has 0 aliphatic heterocycles. The predicted molar refractivity (Wildman–Crippen MR) is 47.4 cm³/mol. The van der Waals surface area contributed by atoms with Crippen molar-refractivity contribution in [2.45, 2.75) is 6.92 Å². The first-order valence-corrected chi connectivity index (χ1v) is 4.00. The lowest BCUT2D eigenvalue weighted by molar-refractivity contribution is 1.11. The van der Waals surface area contributed by atoms with Gasteiger partial charge in [-0.3, -0.25) is 0 Å². The second-order valence-electron chi connectivity index (χ2n) is 2.64. The highest BCUT2D eigenvalue weighted by molar-refractivity contribution is 6.29. The van der Waals surface area contributed by atoms with E-state index < -0.39 is 0 Å². The van der Waals surface area contributed by atoms with Gasteiger partial charge in [0.2, 0.25) is 0 Å². The van der Waals surface area contributed by atoms with Crippen LogP contribution in [0.25, 0.3) is 5.65 Å². The average molecular weight is 193 g/mol. The summed E-state index contributed by atoms with van der Waals surface area (Å²) in [6, 6.07) is 1.95. The summed E-state index contributed by atoms with van der Waals surface area (Å²) in [7, 11) is 0. The third-order valence-corrected chi connectivity index (χ3v) is 1.82. The van der Waals surface area contributed by atoms with Crippen LogP contribution in [0.15, 0.2) is 12.4 Å². The Morgan fingerprint density at radius 3 is 2.92 bits per heavy atom. The van der Waals surface area contributed by atoms with Gasteiger partial charge in [-0.05, 0) is 6.92 Å². The molecule has 0 aliphatic rings. The van der Waals surface area contributed by atoms with Crippen molar-refractivity contribution >= 4 is 17.2 Å².